The third kappa shape index (κ3) is 2.64. The van der Waals surface area contributed by atoms with Crippen LogP contribution < -0.4 is 14.5 Å². The van der Waals surface area contributed by atoms with Crippen LogP contribution in [0.15, 0.2) is 47.6 Å². The van der Waals surface area contributed by atoms with Crippen molar-refractivity contribution in [2.45, 2.75) is 13.3 Å². The van der Waals surface area contributed by atoms with Gasteiger partial charge in [-0.15, -0.1) is 0 Å². The molecule has 0 N–H and O–H groups in total. The molecule has 1 heterocycles. The van der Waals surface area contributed by atoms with Gasteiger partial charge in [-0.05, 0) is 31.2 Å². The average molecular weight is 296 g/mol. The lowest BCUT2D eigenvalue weighted by Crippen LogP contribution is -2.11. The predicted octanol–water partition coefficient (Wildman–Crippen LogP) is 3.63. The number of methoxy groups -OCH3 is 2. The van der Waals surface area contributed by atoms with E-state index in [0.29, 0.717) is 0 Å². The van der Waals surface area contributed by atoms with E-state index in [9.17, 15) is 0 Å². The lowest BCUT2D eigenvalue weighted by molar-refractivity contribution is 0.392. The molecule has 0 fully saturated rings. The van der Waals surface area contributed by atoms with Crippen LogP contribution in [0.5, 0.6) is 11.5 Å². The van der Waals surface area contributed by atoms with Crippen molar-refractivity contribution in [1.29, 1.82) is 0 Å². The quantitative estimate of drug-likeness (QED) is 0.864. The van der Waals surface area contributed by atoms with Crippen molar-refractivity contribution in [2.75, 3.05) is 25.8 Å². The van der Waals surface area contributed by atoms with E-state index in [1.54, 1.807) is 14.2 Å². The molecule has 22 heavy (non-hydrogen) atoms. The molecule has 114 valence electrons. The monoisotopic (exact) mass is 296 g/mol. The Bertz CT molecular complexity index is 670. The molecule has 3 rings (SSSR count). The summed E-state index contributed by atoms with van der Waals surface area (Å²) in [5.41, 5.74) is 4.30. The predicted molar refractivity (Wildman–Crippen MR) is 89.2 cm³/mol. The van der Waals surface area contributed by atoms with Crippen molar-refractivity contribution in [1.82, 2.24) is 0 Å². The molecule has 0 amide bonds. The fraction of sp³-hybridized carbons (Fsp3) is 0.278. The Morgan fingerprint density at radius 2 is 1.59 bits per heavy atom. The zero-order valence-corrected chi connectivity index (χ0v) is 13.2. The maximum absolute atomic E-state index is 5.48. The summed E-state index contributed by atoms with van der Waals surface area (Å²) < 4.78 is 11.0. The molecule has 0 atom stereocenters. The molecule has 4 nitrogen and oxygen atoms in total. The highest BCUT2D eigenvalue weighted by atomic mass is 16.5. The number of nitrogens with zero attached hydrogens (tertiary/aromatic N) is 2. The fourth-order valence-electron chi connectivity index (χ4n) is 2.67. The van der Waals surface area contributed by atoms with Gasteiger partial charge in [-0.2, -0.15) is 5.10 Å². The second kappa shape index (κ2) is 6.10. The van der Waals surface area contributed by atoms with Crippen LogP contribution in [0.3, 0.4) is 0 Å². The van der Waals surface area contributed by atoms with Gasteiger partial charge < -0.3 is 9.47 Å². The van der Waals surface area contributed by atoms with Crippen LogP contribution in [-0.2, 0) is 0 Å². The Balaban J connectivity index is 1.96. The first-order chi connectivity index (χ1) is 10.7. The Kier molecular flexibility index (Phi) is 4.00. The molecule has 0 aliphatic carbocycles. The molecule has 0 saturated carbocycles. The highest BCUT2D eigenvalue weighted by Gasteiger charge is 2.23. The van der Waals surface area contributed by atoms with E-state index in [4.69, 9.17) is 14.6 Å². The van der Waals surface area contributed by atoms with Gasteiger partial charge in [-0.3, -0.25) is 5.01 Å². The van der Waals surface area contributed by atoms with Crippen LogP contribution in [0.1, 0.15) is 17.5 Å². The molecule has 4 heteroatoms. The van der Waals surface area contributed by atoms with Gasteiger partial charge in [0.2, 0.25) is 0 Å². The summed E-state index contributed by atoms with van der Waals surface area (Å²) in [7, 11) is 3.34. The Morgan fingerprint density at radius 3 is 2.18 bits per heavy atom. The van der Waals surface area contributed by atoms with Gasteiger partial charge in [-0.25, -0.2) is 0 Å². The largest absolute Gasteiger partial charge is 0.496 e. The van der Waals surface area contributed by atoms with Gasteiger partial charge in [0, 0.05) is 13.0 Å². The zero-order valence-electron chi connectivity index (χ0n) is 13.2. The van der Waals surface area contributed by atoms with Crippen molar-refractivity contribution in [3.8, 4) is 11.5 Å². The van der Waals surface area contributed by atoms with Crippen molar-refractivity contribution in [3.63, 3.8) is 0 Å². The summed E-state index contributed by atoms with van der Waals surface area (Å²) in [4.78, 5) is 0. The lowest BCUT2D eigenvalue weighted by Gasteiger charge is -2.14. The van der Waals surface area contributed by atoms with Crippen molar-refractivity contribution < 1.29 is 9.47 Å². The highest BCUT2D eigenvalue weighted by molar-refractivity contribution is 6.07. The van der Waals surface area contributed by atoms with E-state index in [1.807, 2.05) is 23.2 Å². The molecular weight excluding hydrogens is 276 g/mol. The second-order valence-electron chi connectivity index (χ2n) is 5.29. The molecule has 0 bridgehead atoms. The Morgan fingerprint density at radius 1 is 0.955 bits per heavy atom. The molecule has 0 spiro atoms. The standard InChI is InChI=1S/C18H20N2O2/c1-13-7-9-14(10-8-13)20-12-11-15(19-20)18-16(21-2)5-4-6-17(18)22-3/h4-10H,11-12H2,1-3H3. The zero-order chi connectivity index (χ0) is 15.5. The van der Waals surface area contributed by atoms with Gasteiger partial charge in [0.15, 0.2) is 0 Å². The van der Waals surface area contributed by atoms with Crippen molar-refractivity contribution in [2.24, 2.45) is 5.10 Å². The molecule has 0 aromatic heterocycles. The van der Waals surface area contributed by atoms with Gasteiger partial charge in [0.1, 0.15) is 11.5 Å². The van der Waals surface area contributed by atoms with E-state index >= 15 is 0 Å². The third-order valence-corrected chi connectivity index (χ3v) is 3.85. The van der Waals surface area contributed by atoms with Crippen molar-refractivity contribution in [3.05, 3.63) is 53.6 Å². The number of ether oxygens (including phenoxy) is 2. The minimum atomic E-state index is 0.795. The van der Waals surface area contributed by atoms with Crippen LogP contribution in [0, 0.1) is 6.92 Å². The first-order valence-electron chi connectivity index (χ1n) is 7.36. The number of anilines is 1. The number of hydrogen-bond donors (Lipinski definition) is 0. The molecule has 0 saturated heterocycles. The van der Waals surface area contributed by atoms with E-state index in [1.165, 1.54) is 5.56 Å². The van der Waals surface area contributed by atoms with Crippen molar-refractivity contribution >= 4 is 11.4 Å². The number of aryl methyl sites for hydroxylation is 1. The first-order valence-corrected chi connectivity index (χ1v) is 7.36. The van der Waals surface area contributed by atoms with Crippen LogP contribution in [0.4, 0.5) is 5.69 Å². The Labute approximate surface area is 131 Å². The number of benzene rings is 2. The minimum Gasteiger partial charge on any atom is -0.496 e. The molecular formula is C18H20N2O2. The average Bonchev–Trinajstić information content (AvgIpc) is 3.04. The van der Waals surface area contributed by atoms with Gasteiger partial charge in [0.25, 0.3) is 0 Å². The molecule has 1 aliphatic heterocycles. The Hall–Kier alpha value is -2.49. The summed E-state index contributed by atoms with van der Waals surface area (Å²) >= 11 is 0. The molecule has 2 aromatic carbocycles. The summed E-state index contributed by atoms with van der Waals surface area (Å²) in [6, 6.07) is 14.2. The maximum atomic E-state index is 5.48. The molecule has 0 unspecified atom stereocenters. The van der Waals surface area contributed by atoms with E-state index < -0.39 is 0 Å². The molecule has 1 aliphatic rings. The van der Waals surface area contributed by atoms with Gasteiger partial charge >= 0.3 is 0 Å². The third-order valence-electron chi connectivity index (χ3n) is 3.85. The first kappa shape index (κ1) is 14.4. The number of rotatable bonds is 4. The number of hydrazone groups is 1. The minimum absolute atomic E-state index is 0.795. The van der Waals surface area contributed by atoms with Gasteiger partial charge in [-0.1, -0.05) is 23.8 Å². The normalized spacial score (nSPS) is 14.0. The van der Waals surface area contributed by atoms with Crippen LogP contribution in [0.2, 0.25) is 0 Å². The van der Waals surface area contributed by atoms with Gasteiger partial charge in [0.05, 0.1) is 31.2 Å². The smallest absolute Gasteiger partial charge is 0.131 e. The number of hydrogen-bond acceptors (Lipinski definition) is 4. The SMILES string of the molecule is COc1cccc(OC)c1C1=NN(c2ccc(C)cc2)CC1. The highest BCUT2D eigenvalue weighted by Crippen LogP contribution is 2.32. The van der Waals surface area contributed by atoms with E-state index in [-0.39, 0.29) is 0 Å². The maximum Gasteiger partial charge on any atom is 0.131 e. The molecule has 0 radical (unpaired) electrons. The fourth-order valence-corrected chi connectivity index (χ4v) is 2.67. The topological polar surface area (TPSA) is 34.1 Å². The summed E-state index contributed by atoms with van der Waals surface area (Å²) in [5.74, 6) is 1.59. The second-order valence-corrected chi connectivity index (χ2v) is 5.29. The summed E-state index contributed by atoms with van der Waals surface area (Å²) in [6.07, 6.45) is 0.866. The van der Waals surface area contributed by atoms with E-state index in [0.717, 1.165) is 41.4 Å². The summed E-state index contributed by atoms with van der Waals surface area (Å²) in [6.45, 7) is 2.95. The van der Waals surface area contributed by atoms with Crippen LogP contribution in [0.25, 0.3) is 0 Å². The summed E-state index contributed by atoms with van der Waals surface area (Å²) in [5, 5.41) is 6.79. The van der Waals surface area contributed by atoms with Crippen LogP contribution in [-0.4, -0.2) is 26.5 Å². The van der Waals surface area contributed by atoms with E-state index in [2.05, 4.69) is 31.2 Å². The van der Waals surface area contributed by atoms with Crippen LogP contribution >= 0.6 is 0 Å². The lowest BCUT2D eigenvalue weighted by atomic mass is 10.1. The molecule has 2 aromatic rings.